The van der Waals surface area contributed by atoms with E-state index in [1.54, 1.807) is 12.1 Å². The van der Waals surface area contributed by atoms with Gasteiger partial charge in [-0.3, -0.25) is 0 Å². The molecule has 0 aromatic heterocycles. The quantitative estimate of drug-likeness (QED) is 0.878. The van der Waals surface area contributed by atoms with Crippen molar-refractivity contribution >= 4 is 5.69 Å². The van der Waals surface area contributed by atoms with Gasteiger partial charge in [0.1, 0.15) is 17.7 Å². The number of hydrogen-bond acceptors (Lipinski definition) is 2. The van der Waals surface area contributed by atoms with E-state index in [2.05, 4.69) is 31.3 Å². The van der Waals surface area contributed by atoms with Gasteiger partial charge in [-0.2, -0.15) is 0 Å². The Bertz CT molecular complexity index is 609. The highest BCUT2D eigenvalue weighted by Gasteiger charge is 2.27. The summed E-state index contributed by atoms with van der Waals surface area (Å²) in [5.41, 5.74) is 3.30. The van der Waals surface area contributed by atoms with Gasteiger partial charge < -0.3 is 10.1 Å². The summed E-state index contributed by atoms with van der Waals surface area (Å²) in [7, 11) is 0. The highest BCUT2D eigenvalue weighted by Crippen LogP contribution is 2.37. The minimum absolute atomic E-state index is 0.101. The molecule has 2 nitrogen and oxygen atoms in total. The summed E-state index contributed by atoms with van der Waals surface area (Å²) in [6, 6.07) is 12.9. The number of nitrogens with one attached hydrogen (secondary N) is 1. The standard InChI is InChI=1S/C17H18FNO/c1-3-12-4-9-16-15(10-12)19-11(2)17(20-16)13-5-7-14(18)8-6-13/h4-11,17,19H,3H2,1-2H3. The SMILES string of the molecule is CCc1ccc2c(c1)NC(C)C(c1ccc(F)cc1)O2. The molecular formula is C17H18FNO. The van der Waals surface area contributed by atoms with E-state index >= 15 is 0 Å². The molecule has 2 unspecified atom stereocenters. The van der Waals surface area contributed by atoms with E-state index in [9.17, 15) is 4.39 Å². The Labute approximate surface area is 118 Å². The molecule has 1 heterocycles. The van der Waals surface area contributed by atoms with Crippen LogP contribution in [0.3, 0.4) is 0 Å². The van der Waals surface area contributed by atoms with Crippen LogP contribution in [0.15, 0.2) is 42.5 Å². The van der Waals surface area contributed by atoms with Gasteiger partial charge in [0, 0.05) is 0 Å². The lowest BCUT2D eigenvalue weighted by atomic mass is 10.0. The lowest BCUT2D eigenvalue weighted by Gasteiger charge is -2.33. The molecule has 0 saturated carbocycles. The maximum atomic E-state index is 13.0. The summed E-state index contributed by atoms with van der Waals surface area (Å²) in [4.78, 5) is 0. The van der Waals surface area contributed by atoms with Crippen molar-refractivity contribution in [2.45, 2.75) is 32.4 Å². The van der Waals surface area contributed by atoms with Crippen LogP contribution >= 0.6 is 0 Å². The summed E-state index contributed by atoms with van der Waals surface area (Å²) in [5.74, 6) is 0.632. The maximum Gasteiger partial charge on any atom is 0.144 e. The molecule has 2 aromatic carbocycles. The van der Waals surface area contributed by atoms with E-state index < -0.39 is 0 Å². The maximum absolute atomic E-state index is 13.0. The molecule has 1 N–H and O–H groups in total. The third-order valence-corrected chi connectivity index (χ3v) is 3.74. The van der Waals surface area contributed by atoms with Gasteiger partial charge in [0.2, 0.25) is 0 Å². The molecule has 0 fully saturated rings. The Morgan fingerprint density at radius 2 is 1.90 bits per heavy atom. The van der Waals surface area contributed by atoms with Gasteiger partial charge in [0.25, 0.3) is 0 Å². The van der Waals surface area contributed by atoms with Crippen molar-refractivity contribution in [2.24, 2.45) is 0 Å². The van der Waals surface area contributed by atoms with Crippen LogP contribution in [0.5, 0.6) is 5.75 Å². The van der Waals surface area contributed by atoms with Crippen LogP contribution in [0.25, 0.3) is 0 Å². The molecule has 0 bridgehead atoms. The Kier molecular flexibility index (Phi) is 3.35. The van der Waals surface area contributed by atoms with Crippen LogP contribution in [0.1, 0.15) is 31.1 Å². The average molecular weight is 271 g/mol. The number of halogens is 1. The third kappa shape index (κ3) is 2.36. The number of benzene rings is 2. The second-order valence-corrected chi connectivity index (χ2v) is 5.21. The number of fused-ring (bicyclic) bond motifs is 1. The average Bonchev–Trinajstić information content (AvgIpc) is 2.47. The smallest absolute Gasteiger partial charge is 0.144 e. The molecule has 0 aliphatic carbocycles. The molecule has 3 heteroatoms. The molecule has 3 rings (SSSR count). The second kappa shape index (κ2) is 5.16. The Balaban J connectivity index is 1.90. The lowest BCUT2D eigenvalue weighted by Crippen LogP contribution is -2.32. The van der Waals surface area contributed by atoms with E-state index in [-0.39, 0.29) is 18.0 Å². The van der Waals surface area contributed by atoms with Crippen molar-refractivity contribution in [3.05, 3.63) is 59.4 Å². The van der Waals surface area contributed by atoms with E-state index in [0.29, 0.717) is 0 Å². The van der Waals surface area contributed by atoms with Crippen LogP contribution < -0.4 is 10.1 Å². The first kappa shape index (κ1) is 13.0. The zero-order valence-corrected chi connectivity index (χ0v) is 11.7. The number of rotatable bonds is 2. The predicted molar refractivity (Wildman–Crippen MR) is 78.7 cm³/mol. The largest absolute Gasteiger partial charge is 0.481 e. The molecule has 0 saturated heterocycles. The number of hydrogen-bond donors (Lipinski definition) is 1. The third-order valence-electron chi connectivity index (χ3n) is 3.74. The predicted octanol–water partition coefficient (Wildman–Crippen LogP) is 4.32. The van der Waals surface area contributed by atoms with Gasteiger partial charge in [-0.25, -0.2) is 4.39 Å². The van der Waals surface area contributed by atoms with Gasteiger partial charge in [-0.05, 0) is 48.7 Å². The summed E-state index contributed by atoms with van der Waals surface area (Å²) in [5, 5.41) is 3.48. The lowest BCUT2D eigenvalue weighted by molar-refractivity contribution is 0.177. The first-order chi connectivity index (χ1) is 9.67. The van der Waals surface area contributed by atoms with Crippen molar-refractivity contribution in [2.75, 3.05) is 5.32 Å². The van der Waals surface area contributed by atoms with E-state index in [4.69, 9.17) is 4.74 Å². The second-order valence-electron chi connectivity index (χ2n) is 5.21. The topological polar surface area (TPSA) is 21.3 Å². The van der Waals surface area contributed by atoms with Crippen molar-refractivity contribution in [3.63, 3.8) is 0 Å². The van der Waals surface area contributed by atoms with Gasteiger partial charge in [0.15, 0.2) is 0 Å². The summed E-state index contributed by atoms with van der Waals surface area (Å²) in [6.45, 7) is 4.21. The molecule has 2 atom stereocenters. The molecule has 1 aliphatic heterocycles. The Hall–Kier alpha value is -2.03. The van der Waals surface area contributed by atoms with Gasteiger partial charge in [-0.1, -0.05) is 25.1 Å². The molecule has 104 valence electrons. The number of aryl methyl sites for hydroxylation is 1. The van der Waals surface area contributed by atoms with Crippen molar-refractivity contribution < 1.29 is 9.13 Å². The highest BCUT2D eigenvalue weighted by atomic mass is 19.1. The van der Waals surface area contributed by atoms with Crippen molar-refractivity contribution in [3.8, 4) is 5.75 Å². The fourth-order valence-corrected chi connectivity index (χ4v) is 2.58. The Morgan fingerprint density at radius 1 is 1.15 bits per heavy atom. The van der Waals surface area contributed by atoms with Gasteiger partial charge in [0.05, 0.1) is 11.7 Å². The van der Waals surface area contributed by atoms with Crippen LogP contribution in [-0.4, -0.2) is 6.04 Å². The fraction of sp³-hybridized carbons (Fsp3) is 0.294. The summed E-state index contributed by atoms with van der Waals surface area (Å²) < 4.78 is 19.1. The molecule has 0 spiro atoms. The van der Waals surface area contributed by atoms with Crippen LogP contribution in [-0.2, 0) is 6.42 Å². The minimum atomic E-state index is -0.224. The number of anilines is 1. The van der Waals surface area contributed by atoms with Crippen molar-refractivity contribution in [1.82, 2.24) is 0 Å². The zero-order valence-electron chi connectivity index (χ0n) is 11.7. The highest BCUT2D eigenvalue weighted by molar-refractivity contribution is 5.60. The minimum Gasteiger partial charge on any atom is -0.481 e. The first-order valence-electron chi connectivity index (χ1n) is 6.99. The molecular weight excluding hydrogens is 253 g/mol. The zero-order chi connectivity index (χ0) is 14.1. The van der Waals surface area contributed by atoms with E-state index in [1.165, 1.54) is 17.7 Å². The van der Waals surface area contributed by atoms with Crippen molar-refractivity contribution in [1.29, 1.82) is 0 Å². The molecule has 0 amide bonds. The van der Waals surface area contributed by atoms with Gasteiger partial charge in [-0.15, -0.1) is 0 Å². The molecule has 20 heavy (non-hydrogen) atoms. The van der Waals surface area contributed by atoms with Crippen LogP contribution in [0.4, 0.5) is 10.1 Å². The van der Waals surface area contributed by atoms with E-state index in [0.717, 1.165) is 23.4 Å². The fourth-order valence-electron chi connectivity index (χ4n) is 2.58. The number of ether oxygens (including phenoxy) is 1. The van der Waals surface area contributed by atoms with Gasteiger partial charge >= 0.3 is 0 Å². The monoisotopic (exact) mass is 271 g/mol. The van der Waals surface area contributed by atoms with Crippen LogP contribution in [0.2, 0.25) is 0 Å². The Morgan fingerprint density at radius 3 is 2.60 bits per heavy atom. The summed E-state index contributed by atoms with van der Waals surface area (Å²) >= 11 is 0. The normalized spacial score (nSPS) is 20.8. The van der Waals surface area contributed by atoms with Crippen LogP contribution in [0, 0.1) is 5.82 Å². The summed E-state index contributed by atoms with van der Waals surface area (Å²) in [6.07, 6.45) is 0.903. The molecule has 2 aromatic rings. The first-order valence-corrected chi connectivity index (χ1v) is 6.99. The molecule has 0 radical (unpaired) electrons. The molecule has 1 aliphatic rings. The van der Waals surface area contributed by atoms with E-state index in [1.807, 2.05) is 6.07 Å².